The van der Waals surface area contributed by atoms with Gasteiger partial charge in [-0.3, -0.25) is 0 Å². The van der Waals surface area contributed by atoms with Gasteiger partial charge in [-0.05, 0) is 36.9 Å². The largest absolute Gasteiger partial charge is 0.310 e. The number of nitrogens with zero attached hydrogens (tertiary/aromatic N) is 4. The van der Waals surface area contributed by atoms with Gasteiger partial charge in [0, 0.05) is 17.8 Å². The number of hydrogen-bond donors (Lipinski definition) is 1. The van der Waals surface area contributed by atoms with E-state index in [-0.39, 0.29) is 5.41 Å². The Morgan fingerprint density at radius 2 is 2.30 bits per heavy atom. The Hall–Kier alpha value is -1.75. The van der Waals surface area contributed by atoms with Gasteiger partial charge >= 0.3 is 0 Å². The molecule has 2 heterocycles. The van der Waals surface area contributed by atoms with Gasteiger partial charge in [0.05, 0.1) is 11.9 Å². The van der Waals surface area contributed by atoms with Crippen molar-refractivity contribution < 1.29 is 0 Å². The highest BCUT2D eigenvalue weighted by Gasteiger charge is 2.34. The van der Waals surface area contributed by atoms with Crippen LogP contribution >= 0.6 is 0 Å². The molecule has 1 aliphatic rings. The first-order chi connectivity index (χ1) is 9.61. The first-order valence-electron chi connectivity index (χ1n) is 7.19. The molecule has 0 aliphatic heterocycles. The van der Waals surface area contributed by atoms with E-state index in [9.17, 15) is 0 Å². The number of aromatic nitrogens is 4. The Labute approximate surface area is 119 Å². The van der Waals surface area contributed by atoms with Crippen LogP contribution in [0.5, 0.6) is 0 Å². The third-order valence-corrected chi connectivity index (χ3v) is 3.91. The van der Waals surface area contributed by atoms with Gasteiger partial charge in [-0.25, -0.2) is 4.68 Å². The minimum absolute atomic E-state index is 0.264. The SMILES string of the molecule is CCNC1CC(C)(C)Cc2c1cnn2-c1cccnn1. The molecule has 5 heteroatoms. The average molecular weight is 271 g/mol. The topological polar surface area (TPSA) is 55.6 Å². The van der Waals surface area contributed by atoms with E-state index < -0.39 is 0 Å². The van der Waals surface area contributed by atoms with E-state index in [2.05, 4.69) is 41.4 Å². The Kier molecular flexibility index (Phi) is 3.30. The van der Waals surface area contributed by atoms with Crippen LogP contribution in [-0.2, 0) is 6.42 Å². The normalized spacial score (nSPS) is 20.6. The molecule has 5 nitrogen and oxygen atoms in total. The summed E-state index contributed by atoms with van der Waals surface area (Å²) in [4.78, 5) is 0. The zero-order valence-electron chi connectivity index (χ0n) is 12.3. The minimum Gasteiger partial charge on any atom is -0.310 e. The number of hydrogen-bond acceptors (Lipinski definition) is 4. The third kappa shape index (κ3) is 2.33. The van der Waals surface area contributed by atoms with Gasteiger partial charge in [0.15, 0.2) is 5.82 Å². The molecule has 3 rings (SSSR count). The fraction of sp³-hybridized carbons (Fsp3) is 0.533. The van der Waals surface area contributed by atoms with Gasteiger partial charge in [0.2, 0.25) is 0 Å². The van der Waals surface area contributed by atoms with Gasteiger partial charge in [-0.2, -0.15) is 10.2 Å². The number of rotatable bonds is 3. The summed E-state index contributed by atoms with van der Waals surface area (Å²) in [5.41, 5.74) is 2.82. The fourth-order valence-electron chi connectivity index (χ4n) is 3.07. The van der Waals surface area contributed by atoms with E-state index in [4.69, 9.17) is 0 Å². The zero-order chi connectivity index (χ0) is 14.2. The summed E-state index contributed by atoms with van der Waals surface area (Å²) in [5.74, 6) is 0.793. The molecule has 0 amide bonds. The number of fused-ring (bicyclic) bond motifs is 1. The molecule has 0 fully saturated rings. The maximum atomic E-state index is 4.54. The van der Waals surface area contributed by atoms with Gasteiger partial charge in [0.1, 0.15) is 0 Å². The summed E-state index contributed by atoms with van der Waals surface area (Å²) in [6, 6.07) is 4.22. The molecule has 106 valence electrons. The zero-order valence-corrected chi connectivity index (χ0v) is 12.3. The molecule has 1 aliphatic carbocycles. The molecular formula is C15H21N5. The third-order valence-electron chi connectivity index (χ3n) is 3.91. The lowest BCUT2D eigenvalue weighted by Crippen LogP contribution is -2.33. The first kappa shape index (κ1) is 13.2. The predicted molar refractivity (Wildman–Crippen MR) is 77.7 cm³/mol. The smallest absolute Gasteiger partial charge is 0.175 e. The van der Waals surface area contributed by atoms with Crippen molar-refractivity contribution in [3.8, 4) is 5.82 Å². The highest BCUT2D eigenvalue weighted by atomic mass is 15.3. The van der Waals surface area contributed by atoms with E-state index in [0.29, 0.717) is 6.04 Å². The molecule has 1 N–H and O–H groups in total. The number of nitrogens with one attached hydrogen (secondary N) is 1. The monoisotopic (exact) mass is 271 g/mol. The van der Waals surface area contributed by atoms with Crippen molar-refractivity contribution in [3.05, 3.63) is 35.8 Å². The van der Waals surface area contributed by atoms with Crippen LogP contribution in [0.2, 0.25) is 0 Å². The summed E-state index contributed by atoms with van der Waals surface area (Å²) in [6.45, 7) is 7.74. The van der Waals surface area contributed by atoms with Crippen LogP contribution in [-0.4, -0.2) is 26.5 Å². The lowest BCUT2D eigenvalue weighted by Gasteiger charge is -2.35. The van der Waals surface area contributed by atoms with Crippen molar-refractivity contribution in [2.75, 3.05) is 6.54 Å². The molecule has 1 unspecified atom stereocenters. The summed E-state index contributed by atoms with van der Waals surface area (Å²) in [5, 5.41) is 16.2. The molecule has 0 saturated carbocycles. The minimum atomic E-state index is 0.264. The lowest BCUT2D eigenvalue weighted by atomic mass is 9.74. The van der Waals surface area contributed by atoms with Gasteiger partial charge in [-0.1, -0.05) is 20.8 Å². The van der Waals surface area contributed by atoms with Crippen molar-refractivity contribution in [1.29, 1.82) is 0 Å². The Morgan fingerprint density at radius 1 is 1.45 bits per heavy atom. The molecule has 0 saturated heterocycles. The molecule has 0 bridgehead atoms. The van der Waals surface area contributed by atoms with Crippen molar-refractivity contribution in [3.63, 3.8) is 0 Å². The molecule has 20 heavy (non-hydrogen) atoms. The van der Waals surface area contributed by atoms with Crippen LogP contribution in [0, 0.1) is 5.41 Å². The summed E-state index contributed by atoms with van der Waals surface area (Å²) < 4.78 is 1.94. The summed E-state index contributed by atoms with van der Waals surface area (Å²) in [7, 11) is 0. The van der Waals surface area contributed by atoms with E-state index in [0.717, 1.165) is 25.2 Å². The second-order valence-electron chi connectivity index (χ2n) is 6.20. The molecule has 2 aromatic heterocycles. The van der Waals surface area contributed by atoms with Crippen LogP contribution in [0.25, 0.3) is 5.82 Å². The van der Waals surface area contributed by atoms with Crippen molar-refractivity contribution >= 4 is 0 Å². The Morgan fingerprint density at radius 3 is 3.00 bits per heavy atom. The molecule has 2 aromatic rings. The molecule has 0 aromatic carbocycles. The summed E-state index contributed by atoms with van der Waals surface area (Å²) >= 11 is 0. The lowest BCUT2D eigenvalue weighted by molar-refractivity contribution is 0.255. The molecule has 0 radical (unpaired) electrons. The van der Waals surface area contributed by atoms with E-state index >= 15 is 0 Å². The highest BCUT2D eigenvalue weighted by molar-refractivity contribution is 5.33. The second-order valence-corrected chi connectivity index (χ2v) is 6.20. The van der Waals surface area contributed by atoms with Gasteiger partial charge in [-0.15, -0.1) is 5.10 Å². The Bertz CT molecular complexity index is 588. The quantitative estimate of drug-likeness (QED) is 0.930. The van der Waals surface area contributed by atoms with Crippen LogP contribution in [0.4, 0.5) is 0 Å². The van der Waals surface area contributed by atoms with Crippen LogP contribution in [0.1, 0.15) is 44.5 Å². The molecule has 1 atom stereocenters. The van der Waals surface area contributed by atoms with Crippen molar-refractivity contribution in [2.24, 2.45) is 5.41 Å². The van der Waals surface area contributed by atoms with E-state index in [1.165, 1.54) is 11.3 Å². The second kappa shape index (κ2) is 4.98. The fourth-order valence-corrected chi connectivity index (χ4v) is 3.07. The maximum absolute atomic E-state index is 4.54. The first-order valence-corrected chi connectivity index (χ1v) is 7.19. The van der Waals surface area contributed by atoms with Gasteiger partial charge in [0.25, 0.3) is 0 Å². The highest BCUT2D eigenvalue weighted by Crippen LogP contribution is 2.41. The van der Waals surface area contributed by atoms with Crippen molar-refractivity contribution in [1.82, 2.24) is 25.3 Å². The van der Waals surface area contributed by atoms with Crippen LogP contribution < -0.4 is 5.32 Å². The maximum Gasteiger partial charge on any atom is 0.175 e. The predicted octanol–water partition coefficient (Wildman–Crippen LogP) is 2.29. The summed E-state index contributed by atoms with van der Waals surface area (Å²) in [6.07, 6.45) is 5.82. The average Bonchev–Trinajstić information content (AvgIpc) is 2.82. The van der Waals surface area contributed by atoms with Crippen LogP contribution in [0.15, 0.2) is 24.5 Å². The van der Waals surface area contributed by atoms with E-state index in [1.807, 2.05) is 23.0 Å². The standard InChI is InChI=1S/C15H21N5/c1-4-16-12-8-15(2,3)9-13-11(12)10-18-20(13)14-6-5-7-17-19-14/h5-7,10,12,16H,4,8-9H2,1-3H3. The van der Waals surface area contributed by atoms with E-state index in [1.54, 1.807) is 6.20 Å². The van der Waals surface area contributed by atoms with Crippen LogP contribution in [0.3, 0.4) is 0 Å². The van der Waals surface area contributed by atoms with Gasteiger partial charge < -0.3 is 5.32 Å². The Balaban J connectivity index is 2.05. The molecule has 0 spiro atoms. The van der Waals surface area contributed by atoms with Crippen molar-refractivity contribution in [2.45, 2.75) is 39.7 Å². The molecular weight excluding hydrogens is 250 g/mol.